The number of nitrogens with two attached hydrogens (primary N) is 1. The monoisotopic (exact) mass is 579 g/mol. The summed E-state index contributed by atoms with van der Waals surface area (Å²) in [5.74, 6) is -1.41. The Morgan fingerprint density at radius 2 is 1.52 bits per heavy atom. The van der Waals surface area contributed by atoms with Crippen molar-refractivity contribution < 1.29 is 33.4 Å². The lowest BCUT2D eigenvalue weighted by Crippen LogP contribution is -2.47. The van der Waals surface area contributed by atoms with Crippen LogP contribution in [0.2, 0.25) is 0 Å². The van der Waals surface area contributed by atoms with Crippen molar-refractivity contribution in [2.75, 3.05) is 19.8 Å². The molecule has 2 aromatic rings. The van der Waals surface area contributed by atoms with Gasteiger partial charge in [0.25, 0.3) is 0 Å². The van der Waals surface area contributed by atoms with E-state index in [1.807, 2.05) is 13.8 Å². The molecule has 1 amide bonds. The number of nitrogens with zero attached hydrogens (tertiary/aromatic N) is 1. The smallest absolute Gasteiger partial charge is 0.343 e. The maximum atomic E-state index is 13.7. The summed E-state index contributed by atoms with van der Waals surface area (Å²) in [7, 11) is 0. The van der Waals surface area contributed by atoms with Crippen molar-refractivity contribution in [3.63, 3.8) is 0 Å². The second-order valence-corrected chi connectivity index (χ2v) is 10.1. The number of carbonyl (C=O) groups is 4. The highest BCUT2D eigenvalue weighted by atomic mass is 16.5. The predicted octanol–water partition coefficient (Wildman–Crippen LogP) is 4.74. The average molecular weight is 580 g/mol. The van der Waals surface area contributed by atoms with Crippen LogP contribution in [0, 0.1) is 11.3 Å². The third kappa shape index (κ3) is 10.5. The Bertz CT molecular complexity index is 1270. The zero-order chi connectivity index (χ0) is 31.2. The number of ether oxygens (including phenoxy) is 3. The third-order valence-electron chi connectivity index (χ3n) is 6.22. The molecule has 0 heterocycles. The Labute approximate surface area is 247 Å². The summed E-state index contributed by atoms with van der Waals surface area (Å²) in [6, 6.07) is 12.1. The molecule has 10 heteroatoms. The number of hydrogen-bond acceptors (Lipinski definition) is 8. The van der Waals surface area contributed by atoms with Gasteiger partial charge in [0.2, 0.25) is 5.91 Å². The average Bonchev–Trinajstić information content (AvgIpc) is 2.94. The highest BCUT2D eigenvalue weighted by Crippen LogP contribution is 2.20. The zero-order valence-electron chi connectivity index (χ0n) is 25.0. The first-order valence-electron chi connectivity index (χ1n) is 14.0. The minimum atomic E-state index is -0.801. The molecule has 0 aromatic heterocycles. The fourth-order valence-corrected chi connectivity index (χ4v) is 4.18. The van der Waals surface area contributed by atoms with Crippen molar-refractivity contribution in [1.29, 1.82) is 5.41 Å². The second kappa shape index (κ2) is 16.7. The number of nitrogens with one attached hydrogen (secondary N) is 1. The van der Waals surface area contributed by atoms with Crippen LogP contribution in [0.3, 0.4) is 0 Å². The first-order chi connectivity index (χ1) is 20.0. The van der Waals surface area contributed by atoms with Crippen LogP contribution < -0.4 is 10.5 Å². The third-order valence-corrected chi connectivity index (χ3v) is 6.22. The van der Waals surface area contributed by atoms with Crippen molar-refractivity contribution in [2.45, 2.75) is 59.9 Å². The SMILES string of the molecule is CCOC(=O)CCCN(C(=O)/C(C)=C/c1ccc(C(=O)Oc2ccc(C(=N)N)cc2)cc1)[C@H](CC(C)C)C(=O)OCC. The van der Waals surface area contributed by atoms with Crippen LogP contribution in [0.15, 0.2) is 54.1 Å². The molecule has 3 N–H and O–H groups in total. The zero-order valence-corrected chi connectivity index (χ0v) is 25.0. The van der Waals surface area contributed by atoms with Gasteiger partial charge in [-0.2, -0.15) is 0 Å². The lowest BCUT2D eigenvalue weighted by molar-refractivity contribution is -0.154. The van der Waals surface area contributed by atoms with Crippen molar-refractivity contribution in [2.24, 2.45) is 11.7 Å². The van der Waals surface area contributed by atoms with Crippen molar-refractivity contribution in [3.8, 4) is 5.75 Å². The molecule has 0 aliphatic heterocycles. The van der Waals surface area contributed by atoms with Crippen LogP contribution in [0.5, 0.6) is 5.75 Å². The Balaban J connectivity index is 2.22. The Morgan fingerprint density at radius 1 is 0.929 bits per heavy atom. The van der Waals surface area contributed by atoms with Crippen LogP contribution in [0.4, 0.5) is 0 Å². The van der Waals surface area contributed by atoms with Gasteiger partial charge in [-0.25, -0.2) is 9.59 Å². The Morgan fingerprint density at radius 3 is 2.07 bits per heavy atom. The van der Waals surface area contributed by atoms with Gasteiger partial charge in [0, 0.05) is 24.1 Å². The van der Waals surface area contributed by atoms with E-state index in [9.17, 15) is 19.2 Å². The molecule has 0 saturated heterocycles. The van der Waals surface area contributed by atoms with E-state index in [0.717, 1.165) is 0 Å². The number of amidine groups is 1. The number of nitrogen functional groups attached to an aromatic ring is 1. The van der Waals surface area contributed by atoms with Gasteiger partial charge >= 0.3 is 17.9 Å². The van der Waals surface area contributed by atoms with Gasteiger partial charge in [-0.1, -0.05) is 26.0 Å². The largest absolute Gasteiger partial charge is 0.466 e. The lowest BCUT2D eigenvalue weighted by Gasteiger charge is -2.31. The number of hydrogen-bond donors (Lipinski definition) is 2. The highest BCUT2D eigenvalue weighted by molar-refractivity contribution is 5.99. The van der Waals surface area contributed by atoms with E-state index in [1.165, 1.54) is 4.90 Å². The summed E-state index contributed by atoms with van der Waals surface area (Å²) in [4.78, 5) is 52.5. The van der Waals surface area contributed by atoms with Crippen LogP contribution >= 0.6 is 0 Å². The maximum Gasteiger partial charge on any atom is 0.343 e. The number of rotatable bonds is 15. The molecular weight excluding hydrogens is 538 g/mol. The number of esters is 3. The topological polar surface area (TPSA) is 149 Å². The quantitative estimate of drug-likeness (QED) is 0.101. The lowest BCUT2D eigenvalue weighted by atomic mass is 10.0. The molecule has 0 fully saturated rings. The molecule has 0 spiro atoms. The first kappa shape index (κ1) is 33.7. The van der Waals surface area contributed by atoms with Crippen LogP contribution in [-0.4, -0.2) is 60.4 Å². The minimum absolute atomic E-state index is 0.0820. The molecule has 2 rings (SSSR count). The Kier molecular flexibility index (Phi) is 13.4. The first-order valence-corrected chi connectivity index (χ1v) is 14.0. The molecule has 42 heavy (non-hydrogen) atoms. The second-order valence-electron chi connectivity index (χ2n) is 10.1. The summed E-state index contributed by atoms with van der Waals surface area (Å²) >= 11 is 0. The van der Waals surface area contributed by atoms with Crippen LogP contribution in [0.25, 0.3) is 6.08 Å². The normalized spacial score (nSPS) is 11.9. The Hall–Kier alpha value is -4.47. The fourth-order valence-electron chi connectivity index (χ4n) is 4.18. The molecule has 0 aliphatic rings. The summed E-state index contributed by atoms with van der Waals surface area (Å²) in [5, 5.41) is 7.45. The minimum Gasteiger partial charge on any atom is -0.466 e. The van der Waals surface area contributed by atoms with Gasteiger partial charge in [-0.05, 0) is 87.6 Å². The van der Waals surface area contributed by atoms with Crippen LogP contribution in [0.1, 0.15) is 75.4 Å². The van der Waals surface area contributed by atoms with Gasteiger partial charge in [0.15, 0.2) is 0 Å². The van der Waals surface area contributed by atoms with E-state index < -0.39 is 18.0 Å². The van der Waals surface area contributed by atoms with Crippen molar-refractivity contribution >= 4 is 35.7 Å². The maximum absolute atomic E-state index is 13.7. The van der Waals surface area contributed by atoms with E-state index in [4.69, 9.17) is 25.4 Å². The molecule has 1 atom stereocenters. The standard InChI is InChI=1S/C32H41N3O7/c1-6-40-28(36)9-8-18-35(27(19-21(3)4)32(39)41-7-2)30(37)22(5)20-23-10-12-25(13-11-23)31(38)42-26-16-14-24(15-17-26)29(33)34/h10-17,20-21,27H,6-9,18-19H2,1-5H3,(H3,33,34)/b22-20+/t27-/m1/s1. The highest BCUT2D eigenvalue weighted by Gasteiger charge is 2.32. The molecular formula is C32H41N3O7. The van der Waals surface area contributed by atoms with E-state index in [0.29, 0.717) is 40.9 Å². The van der Waals surface area contributed by atoms with E-state index in [-0.39, 0.29) is 49.8 Å². The molecule has 0 bridgehead atoms. The van der Waals surface area contributed by atoms with E-state index in [1.54, 1.807) is 75.4 Å². The summed E-state index contributed by atoms with van der Waals surface area (Å²) in [6.45, 7) is 9.66. The molecule has 226 valence electrons. The van der Waals surface area contributed by atoms with Crippen molar-refractivity contribution in [1.82, 2.24) is 4.90 Å². The van der Waals surface area contributed by atoms with Gasteiger partial charge in [-0.15, -0.1) is 0 Å². The van der Waals surface area contributed by atoms with Crippen molar-refractivity contribution in [3.05, 3.63) is 70.8 Å². The van der Waals surface area contributed by atoms with Gasteiger partial charge < -0.3 is 24.8 Å². The fraction of sp³-hybridized carbons (Fsp3) is 0.406. The molecule has 10 nitrogen and oxygen atoms in total. The van der Waals surface area contributed by atoms with Gasteiger partial charge in [-0.3, -0.25) is 15.0 Å². The number of carbonyl (C=O) groups excluding carboxylic acids is 4. The summed E-state index contributed by atoms with van der Waals surface area (Å²) < 4.78 is 15.7. The van der Waals surface area contributed by atoms with E-state index >= 15 is 0 Å². The number of benzene rings is 2. The summed E-state index contributed by atoms with van der Waals surface area (Å²) in [6.07, 6.45) is 2.54. The molecule has 0 saturated carbocycles. The molecule has 2 aromatic carbocycles. The van der Waals surface area contributed by atoms with Gasteiger partial charge in [0.05, 0.1) is 18.8 Å². The molecule has 0 aliphatic carbocycles. The molecule has 0 radical (unpaired) electrons. The molecule has 0 unspecified atom stereocenters. The van der Waals surface area contributed by atoms with E-state index in [2.05, 4.69) is 0 Å². The van der Waals surface area contributed by atoms with Crippen LogP contribution in [-0.2, 0) is 23.9 Å². The summed E-state index contributed by atoms with van der Waals surface area (Å²) in [5.41, 5.74) is 7.33. The number of amides is 1. The predicted molar refractivity (Wildman–Crippen MR) is 160 cm³/mol. The van der Waals surface area contributed by atoms with Gasteiger partial charge in [0.1, 0.15) is 17.6 Å².